The smallest absolute Gasteiger partial charge is 0.252 e. The molecule has 0 bridgehead atoms. The standard InChI is InChI=1S/C105H74B2N4/c1-103(2,3)71-47-41-65(42-48-71)69-55-95-99-97(57-69)110-91-51-45-67(63-25-11-7-12-26-63)53-81(91)77-35-23-39-87(101(77)110)106(99)89-59-79-75-33-19-21-37-83(75)105(85(79)61-93(89)108(95)73-29-15-9-16-30-73)84-38-22-20-34-76(84)80-60-90-94(62-86(80)105)109(74-31-17-10-18-32-74)96-56-70(66-43-49-72(50-44-66)104(4,5)6)58-98-100(96)107(90)88-40-24-36-78-82-54-68(64-27-13-8-14-28-64)46-52-92(82)111(98)102(78)88/h7-62H,1-6H3. The maximum Gasteiger partial charge on any atom is 0.252 e. The van der Waals surface area contributed by atoms with E-state index in [1.807, 2.05) is 0 Å². The van der Waals surface area contributed by atoms with E-state index >= 15 is 0 Å². The van der Waals surface area contributed by atoms with E-state index in [9.17, 15) is 0 Å². The summed E-state index contributed by atoms with van der Waals surface area (Å²) >= 11 is 0. The molecule has 6 heteroatoms. The molecular weight excluding hydrogens is 1340 g/mol. The lowest BCUT2D eigenvalue weighted by Gasteiger charge is -2.42. The third kappa shape index (κ3) is 8.57. The molecule has 0 radical (unpaired) electrons. The molecule has 6 aliphatic rings. The number of hydrogen-bond acceptors (Lipinski definition) is 2. The number of aromatic nitrogens is 2. The van der Waals surface area contributed by atoms with Crippen LogP contribution in [0, 0.1) is 0 Å². The van der Waals surface area contributed by atoms with Crippen LogP contribution in [0.4, 0.5) is 34.1 Å². The summed E-state index contributed by atoms with van der Waals surface area (Å²) in [4.78, 5) is 5.30. The molecule has 4 nitrogen and oxygen atoms in total. The number of anilines is 6. The van der Waals surface area contributed by atoms with Crippen molar-refractivity contribution < 1.29 is 0 Å². The van der Waals surface area contributed by atoms with Crippen LogP contribution in [-0.2, 0) is 16.2 Å². The van der Waals surface area contributed by atoms with Crippen molar-refractivity contribution in [3.05, 3.63) is 373 Å². The van der Waals surface area contributed by atoms with Crippen LogP contribution in [0.15, 0.2) is 340 Å². The van der Waals surface area contributed by atoms with Gasteiger partial charge in [-0.1, -0.05) is 296 Å². The summed E-state index contributed by atoms with van der Waals surface area (Å²) < 4.78 is 5.27. The topological polar surface area (TPSA) is 16.3 Å². The van der Waals surface area contributed by atoms with Crippen LogP contribution < -0.4 is 42.6 Å². The van der Waals surface area contributed by atoms with E-state index in [-0.39, 0.29) is 24.3 Å². The number of rotatable bonds is 6. The zero-order valence-electron chi connectivity index (χ0n) is 62.8. The summed E-state index contributed by atoms with van der Waals surface area (Å²) in [5.74, 6) is 0. The molecule has 2 aliphatic carbocycles. The molecule has 0 N–H and O–H groups in total. The summed E-state index contributed by atoms with van der Waals surface area (Å²) in [7, 11) is 0. The fourth-order valence-electron chi connectivity index (χ4n) is 21.0. The maximum atomic E-state index is 2.68. The van der Waals surface area contributed by atoms with Crippen molar-refractivity contribution in [2.24, 2.45) is 0 Å². The molecule has 0 unspecified atom stereocenters. The quantitative estimate of drug-likeness (QED) is 0.154. The van der Waals surface area contributed by atoms with Crippen molar-refractivity contribution in [1.82, 2.24) is 9.13 Å². The number of fused-ring (bicyclic) bond motifs is 24. The molecule has 0 amide bonds. The second kappa shape index (κ2) is 22.5. The minimum absolute atomic E-state index is 0.000373. The molecule has 520 valence electrons. The van der Waals surface area contributed by atoms with Crippen molar-refractivity contribution in [2.75, 3.05) is 9.80 Å². The van der Waals surface area contributed by atoms with Crippen molar-refractivity contribution in [2.45, 2.75) is 57.8 Å². The van der Waals surface area contributed by atoms with Gasteiger partial charge in [-0.25, -0.2) is 0 Å². The SMILES string of the molecule is CC(C)(C)c1ccc(-c2cc3c4c(c2)-n2c5ccc(-c6ccccc6)cc5c5cccc(c52)B4c2cc4c(cc2N3c2ccccc2)C2(c3ccccc3-4)c3ccccc3-c3cc4c(cc32)N(c2ccccc2)c2cc(-c3ccc(C(C)(C)C)cc3)cc3c2B4c2cccc4c5cc(-c6ccccc6)ccc5n-3c24)cc1. The Labute approximate surface area is 647 Å². The minimum Gasteiger partial charge on any atom is -0.311 e. The molecule has 0 fully saturated rings. The highest BCUT2D eigenvalue weighted by atomic mass is 15.2. The van der Waals surface area contributed by atoms with Gasteiger partial charge in [-0.2, -0.15) is 0 Å². The second-order valence-corrected chi connectivity index (χ2v) is 33.8. The predicted octanol–water partition coefficient (Wildman–Crippen LogP) is 22.7. The summed E-state index contributed by atoms with van der Waals surface area (Å²) in [6, 6.07) is 132. The first kappa shape index (κ1) is 62.8. The largest absolute Gasteiger partial charge is 0.311 e. The van der Waals surface area contributed by atoms with Gasteiger partial charge in [0.2, 0.25) is 0 Å². The van der Waals surface area contributed by atoms with Gasteiger partial charge >= 0.3 is 0 Å². The number of para-hydroxylation sites is 4. The highest BCUT2D eigenvalue weighted by Gasteiger charge is 2.55. The van der Waals surface area contributed by atoms with Gasteiger partial charge < -0.3 is 18.9 Å². The highest BCUT2D eigenvalue weighted by molar-refractivity contribution is 7.01. The van der Waals surface area contributed by atoms with Crippen LogP contribution in [0.1, 0.15) is 74.9 Å². The van der Waals surface area contributed by atoms with Gasteiger partial charge in [0.15, 0.2) is 0 Å². The Morgan fingerprint density at radius 1 is 0.243 bits per heavy atom. The Hall–Kier alpha value is -13.2. The fourth-order valence-corrected chi connectivity index (χ4v) is 21.0. The predicted molar refractivity (Wildman–Crippen MR) is 469 cm³/mol. The molecule has 24 rings (SSSR count). The summed E-state index contributed by atoms with van der Waals surface area (Å²) in [5, 5.41) is 5.06. The lowest BCUT2D eigenvalue weighted by Crippen LogP contribution is -2.60. The normalized spacial score (nSPS) is 14.0. The molecule has 18 aromatic rings. The fraction of sp³-hybridized carbons (Fsp3) is 0.0857. The van der Waals surface area contributed by atoms with E-state index in [2.05, 4.69) is 400 Å². The van der Waals surface area contributed by atoms with Crippen LogP contribution in [0.5, 0.6) is 0 Å². The number of benzene rings is 16. The number of nitrogens with zero attached hydrogens (tertiary/aromatic N) is 4. The maximum absolute atomic E-state index is 2.68. The first-order chi connectivity index (χ1) is 54.3. The molecule has 4 aliphatic heterocycles. The zero-order valence-corrected chi connectivity index (χ0v) is 62.8. The van der Waals surface area contributed by atoms with Gasteiger partial charge in [0.25, 0.3) is 13.4 Å². The molecule has 16 aromatic carbocycles. The van der Waals surface area contributed by atoms with Gasteiger partial charge in [0.05, 0.1) is 16.4 Å². The molecule has 0 saturated carbocycles. The van der Waals surface area contributed by atoms with Gasteiger partial charge in [-0.3, -0.25) is 0 Å². The lowest BCUT2D eigenvalue weighted by molar-refractivity contribution is 0.590. The monoisotopic (exact) mass is 1410 g/mol. The average molecular weight is 1410 g/mol. The van der Waals surface area contributed by atoms with E-state index in [1.54, 1.807) is 0 Å². The van der Waals surface area contributed by atoms with E-state index in [0.29, 0.717) is 0 Å². The first-order valence-electron chi connectivity index (χ1n) is 39.4. The molecular formula is C105H74B2N4. The van der Waals surface area contributed by atoms with E-state index < -0.39 is 5.41 Å². The third-order valence-corrected chi connectivity index (χ3v) is 26.0. The van der Waals surface area contributed by atoms with Gasteiger partial charge in [0.1, 0.15) is 0 Å². The van der Waals surface area contributed by atoms with Crippen molar-refractivity contribution in [1.29, 1.82) is 0 Å². The highest BCUT2D eigenvalue weighted by Crippen LogP contribution is 2.65. The van der Waals surface area contributed by atoms with E-state index in [0.717, 1.165) is 11.4 Å². The summed E-state index contributed by atoms with van der Waals surface area (Å²) in [5.41, 5.74) is 44.2. The first-order valence-corrected chi connectivity index (χ1v) is 39.4. The summed E-state index contributed by atoms with van der Waals surface area (Å²) in [6.07, 6.45) is 0. The Bertz CT molecular complexity index is 6650. The van der Waals surface area contributed by atoms with E-state index in [1.165, 1.54) is 211 Å². The Balaban J connectivity index is 0.787. The van der Waals surface area contributed by atoms with Crippen molar-refractivity contribution >= 4 is 124 Å². The van der Waals surface area contributed by atoms with Crippen LogP contribution in [-0.4, -0.2) is 22.6 Å². The molecule has 6 heterocycles. The lowest BCUT2D eigenvalue weighted by atomic mass is 9.33. The third-order valence-electron chi connectivity index (χ3n) is 26.0. The van der Waals surface area contributed by atoms with Crippen molar-refractivity contribution in [3.8, 4) is 78.1 Å². The molecule has 111 heavy (non-hydrogen) atoms. The Morgan fingerprint density at radius 3 is 1.01 bits per heavy atom. The van der Waals surface area contributed by atoms with Crippen LogP contribution >= 0.6 is 0 Å². The van der Waals surface area contributed by atoms with E-state index in [4.69, 9.17) is 0 Å². The van der Waals surface area contributed by atoms with Crippen LogP contribution in [0.3, 0.4) is 0 Å². The minimum atomic E-state index is -0.748. The average Bonchev–Trinajstić information content (AvgIpc) is 1.51. The zero-order chi connectivity index (χ0) is 73.7. The summed E-state index contributed by atoms with van der Waals surface area (Å²) in [6.45, 7) is 13.6. The van der Waals surface area contributed by atoms with Crippen LogP contribution in [0.25, 0.3) is 122 Å². The Morgan fingerprint density at radius 2 is 0.604 bits per heavy atom. The van der Waals surface area contributed by atoms with Crippen LogP contribution in [0.2, 0.25) is 0 Å². The van der Waals surface area contributed by atoms with Gasteiger partial charge in [-0.05, 0) is 229 Å². The van der Waals surface area contributed by atoms with Gasteiger partial charge in [-0.15, -0.1) is 0 Å². The van der Waals surface area contributed by atoms with Gasteiger partial charge in [0, 0.05) is 78.1 Å². The molecule has 0 saturated heterocycles. The molecule has 2 aromatic heterocycles. The molecule has 1 spiro atoms. The number of hydrogen-bond donors (Lipinski definition) is 0. The second-order valence-electron chi connectivity index (χ2n) is 33.8. The van der Waals surface area contributed by atoms with Crippen molar-refractivity contribution in [3.63, 3.8) is 0 Å². The Kier molecular flexibility index (Phi) is 12.7. The molecule has 0 atom stereocenters.